The molecular weight excluding hydrogens is 424 g/mol. The molecule has 0 aliphatic carbocycles. The maximum atomic E-state index is 12.8. The molecule has 4 rings (SSSR count). The molecule has 1 saturated heterocycles. The molecule has 1 aliphatic heterocycles. The van der Waals surface area contributed by atoms with Crippen LogP contribution in [0.5, 0.6) is 0 Å². The third-order valence-corrected chi connectivity index (χ3v) is 6.60. The smallest absolute Gasteiger partial charge is 0.233 e. The third-order valence-electron chi connectivity index (χ3n) is 5.65. The number of thioether (sulfide) groups is 1. The number of aromatic nitrogens is 2. The molecule has 0 atom stereocenters. The summed E-state index contributed by atoms with van der Waals surface area (Å²) in [5.74, 6) is 1.11. The summed E-state index contributed by atoms with van der Waals surface area (Å²) in [7, 11) is 0. The fourth-order valence-corrected chi connectivity index (χ4v) is 4.90. The Bertz CT molecular complexity index is 1050. The van der Waals surface area contributed by atoms with E-state index in [1.54, 1.807) is 18.5 Å². The van der Waals surface area contributed by atoms with Crippen LogP contribution >= 0.6 is 11.8 Å². The van der Waals surface area contributed by atoms with Gasteiger partial charge in [0, 0.05) is 37.1 Å². The standard InChI is InChI=1S/C24H28N4O3S/c1-17-12-18(2)14-20(13-17)28-10-7-25-24(28)32-16-22(29)27-8-5-19(6-9-27)23(30)26-15-21-4-3-11-31-21/h3-4,7,10-14,19H,5-6,8-9,15-16H2,1-2H3,(H,26,30). The lowest BCUT2D eigenvalue weighted by Crippen LogP contribution is -2.43. The highest BCUT2D eigenvalue weighted by Crippen LogP contribution is 2.24. The number of aryl methyl sites for hydroxylation is 2. The molecule has 0 spiro atoms. The van der Waals surface area contributed by atoms with Gasteiger partial charge in [0.2, 0.25) is 11.8 Å². The number of amides is 2. The fourth-order valence-electron chi connectivity index (χ4n) is 4.02. The van der Waals surface area contributed by atoms with Gasteiger partial charge < -0.3 is 14.6 Å². The van der Waals surface area contributed by atoms with Gasteiger partial charge in [0.1, 0.15) is 5.76 Å². The van der Waals surface area contributed by atoms with Crippen molar-refractivity contribution in [3.05, 3.63) is 65.9 Å². The number of furan rings is 1. The zero-order valence-electron chi connectivity index (χ0n) is 18.4. The number of hydrogen-bond acceptors (Lipinski definition) is 5. The van der Waals surface area contributed by atoms with E-state index in [0.717, 1.165) is 16.6 Å². The molecule has 1 N–H and O–H groups in total. The maximum Gasteiger partial charge on any atom is 0.233 e. The van der Waals surface area contributed by atoms with E-state index >= 15 is 0 Å². The highest BCUT2D eigenvalue weighted by molar-refractivity contribution is 7.99. The van der Waals surface area contributed by atoms with Crippen molar-refractivity contribution in [1.82, 2.24) is 19.8 Å². The van der Waals surface area contributed by atoms with Crippen molar-refractivity contribution >= 4 is 23.6 Å². The molecule has 32 heavy (non-hydrogen) atoms. The number of carbonyl (C=O) groups is 2. The minimum absolute atomic E-state index is 0.0262. The van der Waals surface area contributed by atoms with Crippen LogP contribution in [0.4, 0.5) is 0 Å². The Kier molecular flexibility index (Phi) is 6.99. The molecule has 0 bridgehead atoms. The average Bonchev–Trinajstić information content (AvgIpc) is 3.47. The van der Waals surface area contributed by atoms with E-state index in [0.29, 0.717) is 38.2 Å². The van der Waals surface area contributed by atoms with E-state index in [9.17, 15) is 9.59 Å². The Hall–Kier alpha value is -3.00. The van der Waals surface area contributed by atoms with Crippen molar-refractivity contribution < 1.29 is 14.0 Å². The second-order valence-corrected chi connectivity index (χ2v) is 9.11. The topological polar surface area (TPSA) is 80.4 Å². The lowest BCUT2D eigenvalue weighted by molar-refractivity contribution is -0.133. The first-order valence-electron chi connectivity index (χ1n) is 10.8. The van der Waals surface area contributed by atoms with Gasteiger partial charge in [0.05, 0.1) is 18.6 Å². The summed E-state index contributed by atoms with van der Waals surface area (Å²) in [6.45, 7) is 5.75. The fraction of sp³-hybridized carbons (Fsp3) is 0.375. The van der Waals surface area contributed by atoms with Gasteiger partial charge in [-0.3, -0.25) is 14.2 Å². The van der Waals surface area contributed by atoms with Gasteiger partial charge in [-0.2, -0.15) is 0 Å². The Labute approximate surface area is 192 Å². The molecule has 168 valence electrons. The van der Waals surface area contributed by atoms with Crippen LogP contribution in [0.2, 0.25) is 0 Å². The number of carbonyl (C=O) groups excluding carboxylic acids is 2. The molecule has 3 aromatic rings. The maximum absolute atomic E-state index is 12.8. The molecule has 0 unspecified atom stereocenters. The summed E-state index contributed by atoms with van der Waals surface area (Å²) in [5, 5.41) is 3.72. The van der Waals surface area contributed by atoms with Crippen LogP contribution in [-0.4, -0.2) is 45.1 Å². The summed E-state index contributed by atoms with van der Waals surface area (Å²) < 4.78 is 7.27. The van der Waals surface area contributed by atoms with Crippen LogP contribution in [-0.2, 0) is 16.1 Å². The predicted molar refractivity (Wildman–Crippen MR) is 124 cm³/mol. The minimum Gasteiger partial charge on any atom is -0.467 e. The van der Waals surface area contributed by atoms with Gasteiger partial charge in [-0.05, 0) is 62.1 Å². The number of nitrogens with one attached hydrogen (secondary N) is 1. The molecule has 1 aromatic carbocycles. The first-order valence-corrected chi connectivity index (χ1v) is 11.8. The van der Waals surface area contributed by atoms with Crippen LogP contribution < -0.4 is 5.32 Å². The van der Waals surface area contributed by atoms with Crippen molar-refractivity contribution in [2.24, 2.45) is 5.92 Å². The second-order valence-electron chi connectivity index (χ2n) is 8.17. The zero-order valence-corrected chi connectivity index (χ0v) is 19.2. The zero-order chi connectivity index (χ0) is 22.5. The van der Waals surface area contributed by atoms with Crippen LogP contribution in [0.25, 0.3) is 5.69 Å². The molecule has 2 aromatic heterocycles. The highest BCUT2D eigenvalue weighted by Gasteiger charge is 2.27. The van der Waals surface area contributed by atoms with Gasteiger partial charge in [-0.1, -0.05) is 17.8 Å². The quantitative estimate of drug-likeness (QED) is 0.553. The minimum atomic E-state index is -0.0647. The van der Waals surface area contributed by atoms with Crippen molar-refractivity contribution in [3.63, 3.8) is 0 Å². The monoisotopic (exact) mass is 452 g/mol. The Morgan fingerprint density at radius 2 is 1.94 bits per heavy atom. The van der Waals surface area contributed by atoms with Crippen LogP contribution in [0.1, 0.15) is 29.7 Å². The molecule has 1 aliphatic rings. The number of rotatable bonds is 7. The summed E-state index contributed by atoms with van der Waals surface area (Å²) in [6, 6.07) is 10.0. The van der Waals surface area contributed by atoms with Gasteiger partial charge >= 0.3 is 0 Å². The largest absolute Gasteiger partial charge is 0.467 e. The summed E-state index contributed by atoms with van der Waals surface area (Å²) >= 11 is 1.45. The Balaban J connectivity index is 1.26. The summed E-state index contributed by atoms with van der Waals surface area (Å²) in [6.07, 6.45) is 6.64. The predicted octanol–water partition coefficient (Wildman–Crippen LogP) is 3.73. The Morgan fingerprint density at radius 3 is 2.62 bits per heavy atom. The van der Waals surface area contributed by atoms with Crippen molar-refractivity contribution in [2.45, 2.75) is 38.4 Å². The highest BCUT2D eigenvalue weighted by atomic mass is 32.2. The molecule has 7 nitrogen and oxygen atoms in total. The van der Waals surface area contributed by atoms with Crippen molar-refractivity contribution in [3.8, 4) is 5.69 Å². The van der Waals surface area contributed by atoms with Crippen molar-refractivity contribution in [2.75, 3.05) is 18.8 Å². The van der Waals surface area contributed by atoms with Crippen LogP contribution in [0.3, 0.4) is 0 Å². The second kappa shape index (κ2) is 10.1. The van der Waals surface area contributed by atoms with E-state index in [2.05, 4.69) is 42.3 Å². The van der Waals surface area contributed by atoms with Gasteiger partial charge in [-0.25, -0.2) is 4.98 Å². The molecule has 2 amide bonds. The van der Waals surface area contributed by atoms with Crippen LogP contribution in [0.15, 0.2) is 58.6 Å². The molecule has 0 radical (unpaired) electrons. The SMILES string of the molecule is Cc1cc(C)cc(-n2ccnc2SCC(=O)N2CCC(C(=O)NCc3ccco3)CC2)c1. The third kappa shape index (κ3) is 5.43. The molecule has 8 heteroatoms. The first-order chi connectivity index (χ1) is 15.5. The van der Waals surface area contributed by atoms with Crippen molar-refractivity contribution in [1.29, 1.82) is 0 Å². The van der Waals surface area contributed by atoms with E-state index in [4.69, 9.17) is 4.42 Å². The molecular formula is C24H28N4O3S. The first kappa shape index (κ1) is 22.2. The number of likely N-dealkylation sites (tertiary alicyclic amines) is 1. The molecule has 0 saturated carbocycles. The number of benzene rings is 1. The van der Waals surface area contributed by atoms with Gasteiger partial charge in [0.25, 0.3) is 0 Å². The number of imidazole rings is 1. The van der Waals surface area contributed by atoms with E-state index in [-0.39, 0.29) is 17.7 Å². The number of hydrogen-bond donors (Lipinski definition) is 1. The number of nitrogens with zero attached hydrogens (tertiary/aromatic N) is 3. The average molecular weight is 453 g/mol. The van der Waals surface area contributed by atoms with E-state index in [1.807, 2.05) is 21.7 Å². The number of piperidine rings is 1. The van der Waals surface area contributed by atoms with Crippen LogP contribution in [0, 0.1) is 19.8 Å². The summed E-state index contributed by atoms with van der Waals surface area (Å²) in [5.41, 5.74) is 3.44. The van der Waals surface area contributed by atoms with Gasteiger partial charge in [0.15, 0.2) is 5.16 Å². The lowest BCUT2D eigenvalue weighted by atomic mass is 9.96. The normalized spacial score (nSPS) is 14.5. The van der Waals surface area contributed by atoms with E-state index in [1.165, 1.54) is 22.9 Å². The Morgan fingerprint density at radius 1 is 1.19 bits per heavy atom. The lowest BCUT2D eigenvalue weighted by Gasteiger charge is -2.31. The van der Waals surface area contributed by atoms with E-state index < -0.39 is 0 Å². The molecule has 3 heterocycles. The summed E-state index contributed by atoms with van der Waals surface area (Å²) in [4.78, 5) is 31.5. The van der Waals surface area contributed by atoms with Gasteiger partial charge in [-0.15, -0.1) is 0 Å². The molecule has 1 fully saturated rings.